The predicted octanol–water partition coefficient (Wildman–Crippen LogP) is 9.00. The minimum atomic E-state index is -1.40. The van der Waals surface area contributed by atoms with Crippen molar-refractivity contribution in [3.8, 4) is 0 Å². The Labute approximate surface area is 218 Å². The summed E-state index contributed by atoms with van der Waals surface area (Å²) in [5.41, 5.74) is 3.05. The summed E-state index contributed by atoms with van der Waals surface area (Å²) in [6.45, 7) is 32.9. The average molecular weight is 547 g/mol. The van der Waals surface area contributed by atoms with Crippen molar-refractivity contribution in [3.63, 3.8) is 0 Å². The Kier molecular flexibility index (Phi) is 6.70. The second-order valence-electron chi connectivity index (χ2n) is 17.3. The Morgan fingerprint density at radius 3 is 1.24 bits per heavy atom. The predicted molar refractivity (Wildman–Crippen MR) is 167 cm³/mol. The van der Waals surface area contributed by atoms with Gasteiger partial charge in [0.15, 0.2) is 0 Å². The van der Waals surface area contributed by atoms with Gasteiger partial charge in [-0.1, -0.05) is 91.4 Å². The normalized spacial score (nSPS) is 35.4. The zero-order valence-corrected chi connectivity index (χ0v) is 29.9. The second kappa shape index (κ2) is 8.26. The molecule has 34 heavy (non-hydrogen) atoms. The lowest BCUT2D eigenvalue weighted by Crippen LogP contribution is -2.68. The highest BCUT2D eigenvalue weighted by Gasteiger charge is 2.72. The molecule has 5 rings (SSSR count). The number of nitrogens with zero attached hydrogens (tertiary/aromatic N) is 1. The van der Waals surface area contributed by atoms with Crippen LogP contribution < -0.4 is 0 Å². The maximum Gasteiger partial charge on any atom is 0.0902 e. The Morgan fingerprint density at radius 2 is 0.941 bits per heavy atom. The Balaban J connectivity index is 1.87. The SMILES string of the molecule is C[Si](C)(C)C1([Si](C)(C)C)CCC([Si](C)(C)C)([Si](C)(C)C)[Si]1C=C=NC12CC3CC(CC(C3)C1)C2. The zero-order chi connectivity index (χ0) is 25.6. The molecule has 0 unspecified atom stereocenters. The number of hydrogen-bond acceptors (Lipinski definition) is 1. The maximum atomic E-state index is 5.52. The van der Waals surface area contributed by atoms with Crippen molar-refractivity contribution >= 4 is 47.0 Å². The maximum absolute atomic E-state index is 5.52. The summed E-state index contributed by atoms with van der Waals surface area (Å²) in [7, 11) is -6.36. The summed E-state index contributed by atoms with van der Waals surface area (Å²) in [6, 6.07) is 0. The van der Waals surface area contributed by atoms with Gasteiger partial charge in [-0.2, -0.15) is 0 Å². The third kappa shape index (κ3) is 4.04. The van der Waals surface area contributed by atoms with Crippen LogP contribution in [-0.4, -0.2) is 52.5 Å². The smallest absolute Gasteiger partial charge is 0.0902 e. The number of hydrogen-bond donors (Lipinski definition) is 0. The van der Waals surface area contributed by atoms with Gasteiger partial charge in [-0.05, 0) is 76.4 Å². The third-order valence-electron chi connectivity index (χ3n) is 11.4. The van der Waals surface area contributed by atoms with Gasteiger partial charge in [0.05, 0.1) is 14.3 Å². The lowest BCUT2D eigenvalue weighted by atomic mass is 9.53. The van der Waals surface area contributed by atoms with Gasteiger partial charge in [0, 0.05) is 32.3 Å². The molecule has 4 saturated carbocycles. The van der Waals surface area contributed by atoms with E-state index >= 15 is 0 Å². The van der Waals surface area contributed by atoms with Crippen LogP contribution in [0.3, 0.4) is 0 Å². The molecular weight excluding hydrogens is 491 g/mol. The van der Waals surface area contributed by atoms with Crippen LogP contribution in [-0.2, 0) is 0 Å². The van der Waals surface area contributed by atoms with Gasteiger partial charge >= 0.3 is 0 Å². The zero-order valence-electron chi connectivity index (χ0n) is 24.9. The number of rotatable bonds is 6. The van der Waals surface area contributed by atoms with Crippen LogP contribution in [0.1, 0.15) is 51.4 Å². The van der Waals surface area contributed by atoms with Crippen molar-refractivity contribution in [1.29, 1.82) is 0 Å². The first-order valence-electron chi connectivity index (χ1n) is 14.5. The molecule has 0 amide bonds. The van der Waals surface area contributed by atoms with Gasteiger partial charge < -0.3 is 0 Å². The minimum absolute atomic E-state index is 0.272. The van der Waals surface area contributed by atoms with E-state index in [2.05, 4.69) is 90.1 Å². The van der Waals surface area contributed by atoms with E-state index in [1.807, 2.05) is 0 Å². The summed E-state index contributed by atoms with van der Waals surface area (Å²) >= 11 is 0. The van der Waals surface area contributed by atoms with Crippen molar-refractivity contribution in [1.82, 2.24) is 0 Å². The van der Waals surface area contributed by atoms with E-state index in [0.29, 0.717) is 8.57 Å². The molecule has 5 aliphatic rings. The van der Waals surface area contributed by atoms with Crippen LogP contribution in [0, 0.1) is 17.8 Å². The molecule has 1 nitrogen and oxygen atoms in total. The van der Waals surface area contributed by atoms with Gasteiger partial charge in [0.25, 0.3) is 0 Å². The lowest BCUT2D eigenvalue weighted by Gasteiger charge is -2.59. The highest BCUT2D eigenvalue weighted by atomic mass is 28.5. The van der Waals surface area contributed by atoms with Gasteiger partial charge in [0.1, 0.15) is 0 Å². The first-order valence-corrected chi connectivity index (χ1v) is 30.0. The largest absolute Gasteiger partial charge is 0.237 e. The van der Waals surface area contributed by atoms with E-state index in [1.165, 1.54) is 51.4 Å². The minimum Gasteiger partial charge on any atom is -0.237 e. The van der Waals surface area contributed by atoms with E-state index in [0.717, 1.165) is 17.8 Å². The third-order valence-corrected chi connectivity index (χ3v) is 46.7. The molecule has 0 spiro atoms. The fourth-order valence-electron chi connectivity index (χ4n) is 11.1. The van der Waals surface area contributed by atoms with Crippen LogP contribution in [0.4, 0.5) is 0 Å². The molecule has 1 radical (unpaired) electrons. The fraction of sp³-hybridized carbons (Fsp3) is 0.929. The summed E-state index contributed by atoms with van der Waals surface area (Å²) in [4.78, 5) is 5.52. The summed E-state index contributed by atoms with van der Waals surface area (Å²) < 4.78 is 1.30. The first-order chi connectivity index (χ1) is 15.3. The molecule has 1 aliphatic heterocycles. The molecule has 193 valence electrons. The Morgan fingerprint density at radius 1 is 0.618 bits per heavy atom. The lowest BCUT2D eigenvalue weighted by molar-refractivity contribution is 0.00205. The summed E-state index contributed by atoms with van der Waals surface area (Å²) in [5.74, 6) is 6.84. The topological polar surface area (TPSA) is 12.4 Å². The van der Waals surface area contributed by atoms with Crippen LogP contribution in [0.2, 0.25) is 87.1 Å². The summed E-state index contributed by atoms with van der Waals surface area (Å²) in [5, 5.41) is 0. The van der Waals surface area contributed by atoms with E-state index in [1.54, 1.807) is 0 Å². The molecule has 4 aliphatic carbocycles. The molecule has 1 saturated heterocycles. The summed E-state index contributed by atoms with van der Waals surface area (Å²) in [6.07, 6.45) is 11.7. The molecule has 1 heterocycles. The number of aliphatic imine (C=N–C) groups is 1. The molecule has 0 atom stereocenters. The molecule has 5 fully saturated rings. The van der Waals surface area contributed by atoms with Crippen LogP contribution >= 0.6 is 0 Å². The molecule has 0 aromatic rings. The van der Waals surface area contributed by atoms with Gasteiger partial charge in [-0.25, -0.2) is 4.99 Å². The van der Waals surface area contributed by atoms with Crippen molar-refractivity contribution in [2.45, 2.75) is 144 Å². The monoisotopic (exact) mass is 546 g/mol. The van der Waals surface area contributed by atoms with Crippen molar-refractivity contribution in [3.05, 3.63) is 5.70 Å². The fourth-order valence-corrected chi connectivity index (χ4v) is 52.6. The molecule has 6 heteroatoms. The van der Waals surface area contributed by atoms with E-state index < -0.39 is 41.1 Å². The standard InChI is InChI=1S/C28H56NSi5/c1-31(2,3)27(32(4,5)6)13-14-28(33(7,8)9,34(10,11)12)30(27)16-15-29-26-20-23-17-24(21-26)19-25(18-23)22-26/h16,23-25H,13-14,17-22H2,1-12H3. The van der Waals surface area contributed by atoms with Crippen molar-refractivity contribution in [2.24, 2.45) is 22.7 Å². The van der Waals surface area contributed by atoms with Crippen molar-refractivity contribution in [2.75, 3.05) is 0 Å². The molecule has 4 bridgehead atoms. The average Bonchev–Trinajstić information content (AvgIpc) is 2.97. The van der Waals surface area contributed by atoms with Crippen molar-refractivity contribution < 1.29 is 0 Å². The molecule has 0 aromatic heterocycles. The van der Waals surface area contributed by atoms with E-state index in [-0.39, 0.29) is 5.54 Å². The van der Waals surface area contributed by atoms with Crippen LogP contribution in [0.25, 0.3) is 0 Å². The highest BCUT2D eigenvalue weighted by Crippen LogP contribution is 2.71. The Hall–Kier alpha value is 0.534. The van der Waals surface area contributed by atoms with Gasteiger partial charge in [-0.3, -0.25) is 0 Å². The van der Waals surface area contributed by atoms with Gasteiger partial charge in [-0.15, -0.1) is 0 Å². The second-order valence-corrected chi connectivity index (χ2v) is 44.5. The van der Waals surface area contributed by atoms with Crippen LogP contribution in [0.15, 0.2) is 10.7 Å². The highest BCUT2D eigenvalue weighted by molar-refractivity contribution is 7.22. The molecule has 0 aromatic carbocycles. The Bertz CT molecular complexity index is 754. The molecular formula is C28H56NSi5. The van der Waals surface area contributed by atoms with Crippen LogP contribution in [0.5, 0.6) is 0 Å². The molecule has 0 N–H and O–H groups in total. The van der Waals surface area contributed by atoms with E-state index in [9.17, 15) is 0 Å². The quantitative estimate of drug-likeness (QED) is 0.233. The van der Waals surface area contributed by atoms with E-state index in [4.69, 9.17) is 4.99 Å². The first kappa shape index (κ1) is 27.6. The van der Waals surface area contributed by atoms with Gasteiger partial charge in [0.2, 0.25) is 0 Å².